The highest BCUT2D eigenvalue weighted by Gasteiger charge is 2.42. The van der Waals surface area contributed by atoms with Crippen molar-refractivity contribution in [1.82, 2.24) is 10.2 Å². The van der Waals surface area contributed by atoms with Crippen LogP contribution in [0.5, 0.6) is 0 Å². The number of carbonyl (C=O) groups excluding carboxylic acids is 2. The molecular formula is C24H26F3N3O3S. The summed E-state index contributed by atoms with van der Waals surface area (Å²) in [7, 11) is 0. The van der Waals surface area contributed by atoms with Gasteiger partial charge in [0.05, 0.1) is 35.4 Å². The highest BCUT2D eigenvalue weighted by molar-refractivity contribution is 8.16. The van der Waals surface area contributed by atoms with Crippen molar-refractivity contribution in [2.45, 2.75) is 58.4 Å². The number of ether oxygens (including phenoxy) is 1. The van der Waals surface area contributed by atoms with Crippen molar-refractivity contribution >= 4 is 28.8 Å². The molecule has 0 spiro atoms. The largest absolute Gasteiger partial charge is 0.459 e. The number of nitrogens with zero attached hydrogens (tertiary/aromatic N) is 2. The van der Waals surface area contributed by atoms with Crippen molar-refractivity contribution in [2.24, 2.45) is 10.9 Å². The van der Waals surface area contributed by atoms with E-state index < -0.39 is 23.8 Å². The lowest BCUT2D eigenvalue weighted by atomic mass is 9.93. The van der Waals surface area contributed by atoms with Crippen LogP contribution in [0.25, 0.3) is 0 Å². The van der Waals surface area contributed by atoms with Crippen LogP contribution in [0.3, 0.4) is 0 Å². The summed E-state index contributed by atoms with van der Waals surface area (Å²) in [4.78, 5) is 31.9. The zero-order valence-corrected chi connectivity index (χ0v) is 19.9. The zero-order valence-electron chi connectivity index (χ0n) is 19.1. The lowest BCUT2D eigenvalue weighted by Crippen LogP contribution is -2.38. The molecule has 1 N–H and O–H groups in total. The van der Waals surface area contributed by atoms with E-state index in [1.165, 1.54) is 23.9 Å². The Kier molecular flexibility index (Phi) is 6.80. The molecule has 1 amide bonds. The number of thioether (sulfide) groups is 1. The van der Waals surface area contributed by atoms with Gasteiger partial charge in [-0.25, -0.2) is 9.79 Å². The van der Waals surface area contributed by atoms with E-state index in [4.69, 9.17) is 4.74 Å². The second-order valence-corrected chi connectivity index (χ2v) is 9.73. The van der Waals surface area contributed by atoms with Crippen LogP contribution in [0.1, 0.15) is 57.2 Å². The van der Waals surface area contributed by atoms with E-state index in [2.05, 4.69) is 10.3 Å². The predicted molar refractivity (Wildman–Crippen MR) is 123 cm³/mol. The maximum Gasteiger partial charge on any atom is 0.416 e. The highest BCUT2D eigenvalue weighted by atomic mass is 32.2. The molecule has 182 valence electrons. The minimum Gasteiger partial charge on any atom is -0.459 e. The van der Waals surface area contributed by atoms with E-state index in [9.17, 15) is 22.8 Å². The van der Waals surface area contributed by atoms with Gasteiger partial charge in [0, 0.05) is 12.2 Å². The smallest absolute Gasteiger partial charge is 0.416 e. The van der Waals surface area contributed by atoms with E-state index in [0.29, 0.717) is 34.6 Å². The van der Waals surface area contributed by atoms with Crippen molar-refractivity contribution in [3.05, 3.63) is 57.8 Å². The molecule has 3 aliphatic rings. The number of carbonyl (C=O) groups is 2. The number of nitrogens with one attached hydrogen (secondary N) is 1. The normalized spacial score (nSPS) is 20.2. The van der Waals surface area contributed by atoms with Gasteiger partial charge in [0.25, 0.3) is 0 Å². The molecule has 1 fully saturated rings. The molecule has 6 nitrogen and oxygen atoms in total. The number of alkyl halides is 3. The summed E-state index contributed by atoms with van der Waals surface area (Å²) in [5, 5.41) is 5.30. The van der Waals surface area contributed by atoms with Gasteiger partial charge in [-0.2, -0.15) is 13.2 Å². The van der Waals surface area contributed by atoms with Gasteiger partial charge in [-0.1, -0.05) is 23.9 Å². The number of fused-ring (bicyclic) bond motifs is 1. The van der Waals surface area contributed by atoms with Crippen molar-refractivity contribution in [3.8, 4) is 0 Å². The van der Waals surface area contributed by atoms with Gasteiger partial charge in [0.2, 0.25) is 5.91 Å². The van der Waals surface area contributed by atoms with Gasteiger partial charge in [-0.05, 0) is 62.6 Å². The first kappa shape index (κ1) is 24.4. The maximum atomic E-state index is 13.2. The van der Waals surface area contributed by atoms with Crippen LogP contribution in [0.15, 0.2) is 51.6 Å². The third kappa shape index (κ3) is 5.32. The van der Waals surface area contributed by atoms with Gasteiger partial charge in [-0.3, -0.25) is 4.79 Å². The lowest BCUT2D eigenvalue weighted by Gasteiger charge is -2.36. The molecule has 34 heavy (non-hydrogen) atoms. The third-order valence-electron chi connectivity index (χ3n) is 5.74. The van der Waals surface area contributed by atoms with E-state index in [1.807, 2.05) is 0 Å². The zero-order chi connectivity index (χ0) is 24.6. The summed E-state index contributed by atoms with van der Waals surface area (Å²) in [6.07, 6.45) is -2.56. The number of benzene rings is 1. The Hall–Kier alpha value is -2.75. The van der Waals surface area contributed by atoms with Crippen molar-refractivity contribution < 1.29 is 27.5 Å². The van der Waals surface area contributed by atoms with Crippen LogP contribution in [0, 0.1) is 5.92 Å². The second kappa shape index (κ2) is 9.48. The summed E-state index contributed by atoms with van der Waals surface area (Å²) in [6.45, 7) is 5.76. The quantitative estimate of drug-likeness (QED) is 0.532. The minimum absolute atomic E-state index is 0.0709. The number of amides is 1. The second-order valence-electron chi connectivity index (χ2n) is 8.89. The van der Waals surface area contributed by atoms with Gasteiger partial charge in [0.1, 0.15) is 0 Å². The molecule has 0 saturated heterocycles. The molecule has 1 aliphatic carbocycles. The van der Waals surface area contributed by atoms with Gasteiger partial charge >= 0.3 is 12.1 Å². The summed E-state index contributed by atoms with van der Waals surface area (Å²) >= 11 is 1.32. The van der Waals surface area contributed by atoms with Crippen LogP contribution in [-0.4, -0.2) is 34.6 Å². The Morgan fingerprint density at radius 2 is 1.91 bits per heavy atom. The van der Waals surface area contributed by atoms with Gasteiger partial charge in [0.15, 0.2) is 5.17 Å². The standard InChI is InChI=1S/C24H26F3N3O3S/c1-13(2)33-22(32)20-14(3)29-23-30(18(12-34-23)10-19(31)28-11-15-4-5-15)21(20)16-6-8-17(9-7-16)24(25,26)27/h6-9,12-13,15,21H,4-5,10-11H2,1-3H3,(H,28,31)/t21-/m0/s1. The average molecular weight is 494 g/mol. The van der Waals surface area contributed by atoms with Crippen molar-refractivity contribution in [2.75, 3.05) is 6.54 Å². The fourth-order valence-electron chi connectivity index (χ4n) is 3.89. The Morgan fingerprint density at radius 1 is 1.24 bits per heavy atom. The van der Waals surface area contributed by atoms with Gasteiger partial charge < -0.3 is 15.0 Å². The molecule has 10 heteroatoms. The average Bonchev–Trinajstić information content (AvgIpc) is 3.51. The molecule has 0 bridgehead atoms. The first-order chi connectivity index (χ1) is 16.0. The molecule has 1 aromatic carbocycles. The molecular weight excluding hydrogens is 467 g/mol. The first-order valence-corrected chi connectivity index (χ1v) is 12.0. The fraction of sp³-hybridized carbons (Fsp3) is 0.458. The van der Waals surface area contributed by atoms with E-state index in [-0.39, 0.29) is 24.0 Å². The SMILES string of the molecule is CC1=C(C(=O)OC(C)C)[C@H](c2ccc(C(F)(F)F)cc2)N2C(CC(=O)NCC3CC3)=CSC2=N1. The van der Waals surface area contributed by atoms with E-state index >= 15 is 0 Å². The molecule has 2 aliphatic heterocycles. The number of aliphatic imine (C=N–C) groups is 1. The first-order valence-electron chi connectivity index (χ1n) is 11.1. The summed E-state index contributed by atoms with van der Waals surface area (Å²) in [5.74, 6) is -0.204. The maximum absolute atomic E-state index is 13.2. The molecule has 2 heterocycles. The summed E-state index contributed by atoms with van der Waals surface area (Å²) in [5.41, 5.74) is 0.997. The monoisotopic (exact) mass is 493 g/mol. The van der Waals surface area contributed by atoms with Crippen LogP contribution in [0.2, 0.25) is 0 Å². The number of amidine groups is 1. The summed E-state index contributed by atoms with van der Waals surface area (Å²) in [6, 6.07) is 3.95. The molecule has 1 saturated carbocycles. The topological polar surface area (TPSA) is 71.0 Å². The number of allylic oxidation sites excluding steroid dienone is 1. The number of rotatable bonds is 7. The van der Waals surface area contributed by atoms with Gasteiger partial charge in [-0.15, -0.1) is 0 Å². The molecule has 0 radical (unpaired) electrons. The van der Waals surface area contributed by atoms with Crippen LogP contribution < -0.4 is 5.32 Å². The molecule has 1 atom stereocenters. The van der Waals surface area contributed by atoms with Crippen LogP contribution in [-0.2, 0) is 20.5 Å². The molecule has 0 aromatic heterocycles. The molecule has 1 aromatic rings. The molecule has 0 unspecified atom stereocenters. The van der Waals surface area contributed by atoms with Crippen molar-refractivity contribution in [3.63, 3.8) is 0 Å². The Balaban J connectivity index is 1.68. The van der Waals surface area contributed by atoms with Crippen LogP contribution in [0.4, 0.5) is 13.2 Å². The summed E-state index contributed by atoms with van der Waals surface area (Å²) < 4.78 is 44.9. The number of hydrogen-bond acceptors (Lipinski definition) is 6. The lowest BCUT2D eigenvalue weighted by molar-refractivity contribution is -0.143. The Labute approximate surface area is 200 Å². The minimum atomic E-state index is -4.48. The highest BCUT2D eigenvalue weighted by Crippen LogP contribution is 2.45. The van der Waals surface area contributed by atoms with Crippen molar-refractivity contribution in [1.29, 1.82) is 0 Å². The van der Waals surface area contributed by atoms with E-state index in [1.54, 1.807) is 31.1 Å². The number of halogens is 3. The Bertz CT molecular complexity index is 1070. The Morgan fingerprint density at radius 3 is 2.50 bits per heavy atom. The predicted octanol–water partition coefficient (Wildman–Crippen LogP) is 5.15. The number of hydrogen-bond donors (Lipinski definition) is 1. The molecule has 4 rings (SSSR count). The third-order valence-corrected chi connectivity index (χ3v) is 6.63. The number of esters is 1. The van der Waals surface area contributed by atoms with Crippen LogP contribution >= 0.6 is 11.8 Å². The fourth-order valence-corrected chi connectivity index (χ4v) is 4.85. The van der Waals surface area contributed by atoms with E-state index in [0.717, 1.165) is 25.0 Å².